The van der Waals surface area contributed by atoms with Crippen LogP contribution >= 0.6 is 0 Å². The number of nitro benzene ring substituents is 1. The van der Waals surface area contributed by atoms with Gasteiger partial charge >= 0.3 is 0 Å². The van der Waals surface area contributed by atoms with Gasteiger partial charge in [0.25, 0.3) is 5.69 Å². The summed E-state index contributed by atoms with van der Waals surface area (Å²) in [5.41, 5.74) is 5.84. The number of hydrogen-bond acceptors (Lipinski definition) is 5. The minimum absolute atomic E-state index is 0.112. The minimum Gasteiger partial charge on any atom is -0.373 e. The quantitative estimate of drug-likeness (QED) is 0.625. The molecule has 0 saturated carbocycles. The van der Waals surface area contributed by atoms with Crippen LogP contribution in [0.2, 0.25) is 0 Å². The highest BCUT2D eigenvalue weighted by Gasteiger charge is 2.29. The summed E-state index contributed by atoms with van der Waals surface area (Å²) in [4.78, 5) is 10.6. The summed E-state index contributed by atoms with van der Waals surface area (Å²) in [5, 5.41) is 23.0. The van der Waals surface area contributed by atoms with Gasteiger partial charge in [0.2, 0.25) is 0 Å². The van der Waals surface area contributed by atoms with Crippen LogP contribution in [0.1, 0.15) is 26.3 Å². The first kappa shape index (κ1) is 14.9. The Morgan fingerprint density at radius 1 is 1.58 bits per heavy atom. The Morgan fingerprint density at radius 3 is 2.63 bits per heavy atom. The zero-order valence-electron chi connectivity index (χ0n) is 11.3. The topological polar surface area (TPSA) is 105 Å². The second-order valence-corrected chi connectivity index (χ2v) is 5.00. The summed E-state index contributed by atoms with van der Waals surface area (Å²) in [6.07, 6.45) is 0. The summed E-state index contributed by atoms with van der Waals surface area (Å²) in [5.74, 6) is 0.202. The molecule has 0 saturated heterocycles. The maximum atomic E-state index is 11.1. The molecular weight excluding hydrogens is 244 g/mol. The summed E-state index contributed by atoms with van der Waals surface area (Å²) >= 11 is 0. The van der Waals surface area contributed by atoms with Crippen molar-refractivity contribution in [2.45, 2.75) is 26.3 Å². The predicted octanol–water partition coefficient (Wildman–Crippen LogP) is 2.25. The molecule has 1 rings (SSSR count). The average Bonchev–Trinajstić information content (AvgIpc) is 2.38. The van der Waals surface area contributed by atoms with Crippen LogP contribution in [0.15, 0.2) is 18.2 Å². The summed E-state index contributed by atoms with van der Waals surface area (Å²) in [6.45, 7) is 6.26. The van der Waals surface area contributed by atoms with Gasteiger partial charge in [0.15, 0.2) is 0 Å². The van der Waals surface area contributed by atoms with E-state index < -0.39 is 10.5 Å². The Balaban J connectivity index is 3.21. The molecule has 0 heterocycles. The number of hydrogen-bond donors (Lipinski definition) is 2. The summed E-state index contributed by atoms with van der Waals surface area (Å²) in [6, 6.07) is 6.25. The monoisotopic (exact) mass is 262 g/mol. The first-order valence-electron chi connectivity index (χ1n) is 6.01. The molecule has 1 atom stereocenters. The standard InChI is InChI=1S/C13H18N4O2/c1-9(2)13(3,8-15)16-11-5-4-10(7-14)6-12(11)17(18)19/h4-6,9,16H,8,15H2,1-3H3. The van der Waals surface area contributed by atoms with Crippen molar-refractivity contribution >= 4 is 11.4 Å². The Bertz CT molecular complexity index is 522. The second-order valence-electron chi connectivity index (χ2n) is 5.00. The van der Waals surface area contributed by atoms with Gasteiger partial charge in [-0.05, 0) is 25.0 Å². The molecule has 1 aromatic carbocycles. The lowest BCUT2D eigenvalue weighted by Gasteiger charge is -2.34. The Kier molecular flexibility index (Phi) is 4.46. The fraction of sp³-hybridized carbons (Fsp3) is 0.462. The van der Waals surface area contributed by atoms with E-state index in [0.29, 0.717) is 12.2 Å². The molecule has 0 fully saturated rings. The van der Waals surface area contributed by atoms with Crippen molar-refractivity contribution in [3.63, 3.8) is 0 Å². The fourth-order valence-electron chi connectivity index (χ4n) is 1.60. The molecular formula is C13H18N4O2. The van der Waals surface area contributed by atoms with E-state index >= 15 is 0 Å². The molecule has 6 nitrogen and oxygen atoms in total. The number of nitrogens with two attached hydrogens (primary N) is 1. The van der Waals surface area contributed by atoms with Crippen molar-refractivity contribution in [3.05, 3.63) is 33.9 Å². The van der Waals surface area contributed by atoms with Crippen LogP contribution in [-0.4, -0.2) is 17.0 Å². The van der Waals surface area contributed by atoms with E-state index in [-0.39, 0.29) is 17.2 Å². The van der Waals surface area contributed by atoms with Crippen molar-refractivity contribution < 1.29 is 4.92 Å². The molecule has 0 spiro atoms. The van der Waals surface area contributed by atoms with Gasteiger partial charge in [0, 0.05) is 18.2 Å². The first-order valence-corrected chi connectivity index (χ1v) is 6.01. The second kappa shape index (κ2) is 5.67. The molecule has 0 amide bonds. The highest BCUT2D eigenvalue weighted by Crippen LogP contribution is 2.30. The van der Waals surface area contributed by atoms with Gasteiger partial charge in [-0.15, -0.1) is 0 Å². The highest BCUT2D eigenvalue weighted by atomic mass is 16.6. The Hall–Kier alpha value is -2.13. The first-order chi connectivity index (χ1) is 8.84. The van der Waals surface area contributed by atoms with Gasteiger partial charge in [-0.2, -0.15) is 5.26 Å². The molecule has 3 N–H and O–H groups in total. The minimum atomic E-state index is -0.500. The van der Waals surface area contributed by atoms with Crippen LogP contribution in [0.25, 0.3) is 0 Å². The van der Waals surface area contributed by atoms with Crippen molar-refractivity contribution in [3.8, 4) is 6.07 Å². The zero-order valence-corrected chi connectivity index (χ0v) is 11.3. The number of nitrogens with one attached hydrogen (secondary N) is 1. The molecule has 0 bridgehead atoms. The van der Waals surface area contributed by atoms with Gasteiger partial charge in [0.05, 0.1) is 16.6 Å². The van der Waals surface area contributed by atoms with E-state index in [4.69, 9.17) is 11.0 Å². The van der Waals surface area contributed by atoms with Crippen LogP contribution in [0.3, 0.4) is 0 Å². The van der Waals surface area contributed by atoms with Gasteiger partial charge in [-0.25, -0.2) is 0 Å². The SMILES string of the molecule is CC(C)C(C)(CN)Nc1ccc(C#N)cc1[N+](=O)[O-]. The molecule has 0 aliphatic heterocycles. The summed E-state index contributed by atoms with van der Waals surface area (Å²) < 4.78 is 0. The van der Waals surface area contributed by atoms with Crippen LogP contribution in [0, 0.1) is 27.4 Å². The molecule has 0 aromatic heterocycles. The lowest BCUT2D eigenvalue weighted by atomic mass is 9.88. The van der Waals surface area contributed by atoms with Crippen LogP contribution < -0.4 is 11.1 Å². The number of nitro groups is 1. The molecule has 19 heavy (non-hydrogen) atoms. The van der Waals surface area contributed by atoms with Crippen molar-refractivity contribution in [2.24, 2.45) is 11.7 Å². The number of nitriles is 1. The van der Waals surface area contributed by atoms with Gasteiger partial charge in [-0.1, -0.05) is 13.8 Å². The molecule has 1 aromatic rings. The average molecular weight is 262 g/mol. The zero-order chi connectivity index (χ0) is 14.6. The van der Waals surface area contributed by atoms with Gasteiger partial charge in [-0.3, -0.25) is 10.1 Å². The van der Waals surface area contributed by atoms with E-state index in [0.717, 1.165) is 0 Å². The molecule has 0 aliphatic rings. The van der Waals surface area contributed by atoms with Crippen molar-refractivity contribution in [1.29, 1.82) is 5.26 Å². The van der Waals surface area contributed by atoms with Gasteiger partial charge in [0.1, 0.15) is 5.69 Å². The molecule has 0 aliphatic carbocycles. The third kappa shape index (κ3) is 3.20. The van der Waals surface area contributed by atoms with Crippen molar-refractivity contribution in [1.82, 2.24) is 0 Å². The van der Waals surface area contributed by atoms with E-state index in [9.17, 15) is 10.1 Å². The number of rotatable bonds is 5. The van der Waals surface area contributed by atoms with Gasteiger partial charge < -0.3 is 11.1 Å². The molecule has 102 valence electrons. The van der Waals surface area contributed by atoms with Crippen LogP contribution in [0.5, 0.6) is 0 Å². The maximum absolute atomic E-state index is 11.1. The molecule has 0 radical (unpaired) electrons. The smallest absolute Gasteiger partial charge is 0.293 e. The lowest BCUT2D eigenvalue weighted by Crippen LogP contribution is -2.47. The predicted molar refractivity (Wildman–Crippen MR) is 73.7 cm³/mol. The van der Waals surface area contributed by atoms with Crippen molar-refractivity contribution in [2.75, 3.05) is 11.9 Å². The number of anilines is 1. The largest absolute Gasteiger partial charge is 0.373 e. The fourth-order valence-corrected chi connectivity index (χ4v) is 1.60. The number of nitrogens with zero attached hydrogens (tertiary/aromatic N) is 2. The Morgan fingerprint density at radius 2 is 2.21 bits per heavy atom. The van der Waals surface area contributed by atoms with E-state index in [2.05, 4.69) is 5.32 Å². The van der Waals surface area contributed by atoms with E-state index in [1.807, 2.05) is 26.8 Å². The Labute approximate surface area is 112 Å². The van der Waals surface area contributed by atoms with E-state index in [1.165, 1.54) is 6.07 Å². The van der Waals surface area contributed by atoms with Crippen LogP contribution in [0.4, 0.5) is 11.4 Å². The third-order valence-corrected chi connectivity index (χ3v) is 3.44. The third-order valence-electron chi connectivity index (χ3n) is 3.44. The van der Waals surface area contributed by atoms with E-state index in [1.54, 1.807) is 12.1 Å². The highest BCUT2D eigenvalue weighted by molar-refractivity contribution is 5.65. The lowest BCUT2D eigenvalue weighted by molar-refractivity contribution is -0.384. The number of benzene rings is 1. The normalized spacial score (nSPS) is 13.7. The summed E-state index contributed by atoms with van der Waals surface area (Å²) in [7, 11) is 0. The van der Waals surface area contributed by atoms with Crippen LogP contribution in [-0.2, 0) is 0 Å². The molecule has 1 unspecified atom stereocenters. The maximum Gasteiger partial charge on any atom is 0.293 e. The molecule has 6 heteroatoms.